The Morgan fingerprint density at radius 3 is 2.81 bits per heavy atom. The highest BCUT2D eigenvalue weighted by Gasteiger charge is 2.17. The van der Waals surface area contributed by atoms with Crippen molar-refractivity contribution in [3.8, 4) is 0 Å². The molecular formula is C13H21N3. The quantitative estimate of drug-likeness (QED) is 0.830. The van der Waals surface area contributed by atoms with E-state index in [1.807, 2.05) is 18.5 Å². The van der Waals surface area contributed by atoms with Crippen molar-refractivity contribution in [1.82, 2.24) is 9.88 Å². The van der Waals surface area contributed by atoms with Crippen molar-refractivity contribution in [2.45, 2.75) is 19.3 Å². The van der Waals surface area contributed by atoms with Crippen LogP contribution in [0.1, 0.15) is 18.4 Å². The molecule has 3 heteroatoms. The molecule has 0 atom stereocenters. The van der Waals surface area contributed by atoms with Crippen molar-refractivity contribution in [2.75, 3.05) is 26.2 Å². The Kier molecular flexibility index (Phi) is 4.31. The van der Waals surface area contributed by atoms with E-state index < -0.39 is 0 Å². The Labute approximate surface area is 97.7 Å². The second kappa shape index (κ2) is 5.97. The second-order valence-electron chi connectivity index (χ2n) is 4.63. The monoisotopic (exact) mass is 219 g/mol. The van der Waals surface area contributed by atoms with Gasteiger partial charge in [-0.05, 0) is 56.4 Å². The van der Waals surface area contributed by atoms with Crippen LogP contribution in [0.25, 0.3) is 0 Å². The smallest absolute Gasteiger partial charge is 0.0300 e. The number of nitrogens with zero attached hydrogens (tertiary/aromatic N) is 2. The van der Waals surface area contributed by atoms with Crippen LogP contribution < -0.4 is 5.73 Å². The summed E-state index contributed by atoms with van der Waals surface area (Å²) in [6, 6.07) is 4.16. The van der Waals surface area contributed by atoms with Crippen molar-refractivity contribution in [3.63, 3.8) is 0 Å². The minimum Gasteiger partial charge on any atom is -0.330 e. The lowest BCUT2D eigenvalue weighted by molar-refractivity contribution is 0.189. The fourth-order valence-electron chi connectivity index (χ4n) is 2.28. The topological polar surface area (TPSA) is 42.1 Å². The highest BCUT2D eigenvalue weighted by molar-refractivity contribution is 5.08. The maximum atomic E-state index is 5.69. The summed E-state index contributed by atoms with van der Waals surface area (Å²) in [7, 11) is 0. The minimum absolute atomic E-state index is 0.759. The largest absolute Gasteiger partial charge is 0.330 e. The maximum Gasteiger partial charge on any atom is 0.0300 e. The number of hydrogen-bond acceptors (Lipinski definition) is 3. The lowest BCUT2D eigenvalue weighted by Gasteiger charge is -2.31. The van der Waals surface area contributed by atoms with E-state index in [1.54, 1.807) is 0 Å². The molecule has 0 amide bonds. The Bertz CT molecular complexity index is 291. The molecule has 2 rings (SSSR count). The first-order valence-corrected chi connectivity index (χ1v) is 6.20. The van der Waals surface area contributed by atoms with Crippen LogP contribution in [0.2, 0.25) is 0 Å². The van der Waals surface area contributed by atoms with Crippen LogP contribution in [-0.4, -0.2) is 36.1 Å². The number of nitrogens with two attached hydrogens (primary N) is 1. The maximum absolute atomic E-state index is 5.69. The van der Waals surface area contributed by atoms with Gasteiger partial charge in [0.1, 0.15) is 0 Å². The predicted octanol–water partition coefficient (Wildman–Crippen LogP) is 1.29. The molecule has 1 aliphatic heterocycles. The molecule has 1 saturated heterocycles. The molecule has 88 valence electrons. The van der Waals surface area contributed by atoms with E-state index in [4.69, 9.17) is 5.73 Å². The van der Waals surface area contributed by atoms with E-state index >= 15 is 0 Å². The van der Waals surface area contributed by atoms with Crippen LogP contribution in [0.4, 0.5) is 0 Å². The molecule has 1 aromatic heterocycles. The van der Waals surface area contributed by atoms with Crippen molar-refractivity contribution >= 4 is 0 Å². The molecule has 2 N–H and O–H groups in total. The zero-order valence-corrected chi connectivity index (χ0v) is 9.81. The van der Waals surface area contributed by atoms with Gasteiger partial charge in [-0.2, -0.15) is 0 Å². The molecule has 0 saturated carbocycles. The number of piperidine rings is 1. The molecule has 0 radical (unpaired) electrons. The van der Waals surface area contributed by atoms with Crippen LogP contribution in [0.5, 0.6) is 0 Å². The normalized spacial score (nSPS) is 18.8. The molecule has 0 bridgehead atoms. The highest BCUT2D eigenvalue weighted by atomic mass is 15.1. The van der Waals surface area contributed by atoms with Gasteiger partial charge in [0.2, 0.25) is 0 Å². The van der Waals surface area contributed by atoms with Gasteiger partial charge in [-0.25, -0.2) is 0 Å². The summed E-state index contributed by atoms with van der Waals surface area (Å²) < 4.78 is 0. The van der Waals surface area contributed by atoms with E-state index in [0.29, 0.717) is 0 Å². The summed E-state index contributed by atoms with van der Waals surface area (Å²) >= 11 is 0. The fourth-order valence-corrected chi connectivity index (χ4v) is 2.28. The van der Waals surface area contributed by atoms with Gasteiger partial charge >= 0.3 is 0 Å². The Morgan fingerprint density at radius 2 is 2.19 bits per heavy atom. The molecule has 0 aromatic carbocycles. The number of pyridine rings is 1. The molecule has 1 aromatic rings. The third-order valence-corrected chi connectivity index (χ3v) is 3.48. The van der Waals surface area contributed by atoms with Gasteiger partial charge in [-0.3, -0.25) is 4.98 Å². The second-order valence-corrected chi connectivity index (χ2v) is 4.63. The summed E-state index contributed by atoms with van der Waals surface area (Å²) in [5, 5.41) is 0. The molecule has 0 unspecified atom stereocenters. The summed E-state index contributed by atoms with van der Waals surface area (Å²) in [5.41, 5.74) is 7.02. The number of rotatable bonds is 4. The van der Waals surface area contributed by atoms with E-state index in [2.05, 4.69) is 16.0 Å². The van der Waals surface area contributed by atoms with Crippen LogP contribution in [0, 0.1) is 5.92 Å². The molecule has 3 nitrogen and oxygen atoms in total. The van der Waals surface area contributed by atoms with E-state index in [0.717, 1.165) is 25.4 Å². The van der Waals surface area contributed by atoms with E-state index in [9.17, 15) is 0 Å². The van der Waals surface area contributed by atoms with Crippen LogP contribution in [0.15, 0.2) is 24.5 Å². The molecule has 2 heterocycles. The number of likely N-dealkylation sites (tertiary alicyclic amines) is 1. The first kappa shape index (κ1) is 11.6. The Hall–Kier alpha value is -0.930. The molecule has 16 heavy (non-hydrogen) atoms. The zero-order chi connectivity index (χ0) is 11.2. The van der Waals surface area contributed by atoms with Crippen LogP contribution in [0.3, 0.4) is 0 Å². The van der Waals surface area contributed by atoms with Gasteiger partial charge in [0.05, 0.1) is 0 Å². The molecule has 0 spiro atoms. The SMILES string of the molecule is NCC1CCN(CCc2cccnc2)CC1. The summed E-state index contributed by atoms with van der Waals surface area (Å²) in [5.74, 6) is 0.759. The van der Waals surface area contributed by atoms with Gasteiger partial charge < -0.3 is 10.6 Å². The average molecular weight is 219 g/mol. The van der Waals surface area contributed by atoms with Crippen molar-refractivity contribution in [1.29, 1.82) is 0 Å². The average Bonchev–Trinajstić information content (AvgIpc) is 2.38. The van der Waals surface area contributed by atoms with Crippen LogP contribution in [-0.2, 0) is 6.42 Å². The van der Waals surface area contributed by atoms with E-state index in [1.165, 1.54) is 31.5 Å². The molecule has 1 fully saturated rings. The van der Waals surface area contributed by atoms with Crippen molar-refractivity contribution in [3.05, 3.63) is 30.1 Å². The number of hydrogen-bond donors (Lipinski definition) is 1. The molecule has 0 aliphatic carbocycles. The molecular weight excluding hydrogens is 198 g/mol. The first-order valence-electron chi connectivity index (χ1n) is 6.20. The zero-order valence-electron chi connectivity index (χ0n) is 9.81. The minimum atomic E-state index is 0.759. The van der Waals surface area contributed by atoms with Gasteiger partial charge in [0.15, 0.2) is 0 Å². The lowest BCUT2D eigenvalue weighted by atomic mass is 9.97. The fraction of sp³-hybridized carbons (Fsp3) is 0.615. The summed E-state index contributed by atoms with van der Waals surface area (Å²) in [4.78, 5) is 6.68. The third-order valence-electron chi connectivity index (χ3n) is 3.48. The van der Waals surface area contributed by atoms with Crippen LogP contribution >= 0.6 is 0 Å². The lowest BCUT2D eigenvalue weighted by Crippen LogP contribution is -2.37. The predicted molar refractivity (Wildman–Crippen MR) is 66.2 cm³/mol. The summed E-state index contributed by atoms with van der Waals surface area (Å²) in [6.07, 6.45) is 7.44. The Balaban J connectivity index is 1.72. The summed E-state index contributed by atoms with van der Waals surface area (Å²) in [6.45, 7) is 4.43. The van der Waals surface area contributed by atoms with Crippen molar-refractivity contribution in [2.24, 2.45) is 11.7 Å². The first-order chi connectivity index (χ1) is 7.88. The van der Waals surface area contributed by atoms with Gasteiger partial charge in [0.25, 0.3) is 0 Å². The van der Waals surface area contributed by atoms with Gasteiger partial charge in [0, 0.05) is 18.9 Å². The molecule has 1 aliphatic rings. The van der Waals surface area contributed by atoms with E-state index in [-0.39, 0.29) is 0 Å². The van der Waals surface area contributed by atoms with Gasteiger partial charge in [-0.1, -0.05) is 6.07 Å². The Morgan fingerprint density at radius 1 is 1.38 bits per heavy atom. The number of aromatic nitrogens is 1. The third kappa shape index (κ3) is 3.29. The standard InChI is InChI=1S/C13H21N3/c14-10-12-3-7-16(8-4-12)9-5-13-2-1-6-15-11-13/h1-2,6,11-12H,3-5,7-10,14H2. The van der Waals surface area contributed by atoms with Crippen molar-refractivity contribution < 1.29 is 0 Å². The highest BCUT2D eigenvalue weighted by Crippen LogP contribution is 2.15. The van der Waals surface area contributed by atoms with Gasteiger partial charge in [-0.15, -0.1) is 0 Å².